The van der Waals surface area contributed by atoms with Gasteiger partial charge in [-0.2, -0.15) is 0 Å². The fourth-order valence-electron chi connectivity index (χ4n) is 3.92. The molecule has 2 aromatic carbocycles. The van der Waals surface area contributed by atoms with Gasteiger partial charge in [0.15, 0.2) is 0 Å². The quantitative estimate of drug-likeness (QED) is 0.444. The van der Waals surface area contributed by atoms with Crippen molar-refractivity contribution in [1.82, 2.24) is 9.88 Å². The highest BCUT2D eigenvalue weighted by Crippen LogP contribution is 2.34. The van der Waals surface area contributed by atoms with Gasteiger partial charge < -0.3 is 9.47 Å². The highest BCUT2D eigenvalue weighted by atomic mass is 35.5. The van der Waals surface area contributed by atoms with Crippen molar-refractivity contribution in [1.29, 1.82) is 0 Å². The predicted octanol–water partition coefficient (Wildman–Crippen LogP) is 5.76. The normalized spacial score (nSPS) is 16.5. The molecule has 1 saturated heterocycles. The lowest BCUT2D eigenvalue weighted by molar-refractivity contribution is -0.129. The van der Waals surface area contributed by atoms with Crippen LogP contribution in [0.2, 0.25) is 5.02 Å². The number of carbonyl (C=O) groups is 2. The van der Waals surface area contributed by atoms with Crippen molar-refractivity contribution in [2.75, 3.05) is 6.61 Å². The summed E-state index contributed by atoms with van der Waals surface area (Å²) in [6.45, 7) is 4.01. The molecule has 4 rings (SSSR count). The second-order valence-corrected chi connectivity index (χ2v) is 8.61. The van der Waals surface area contributed by atoms with Crippen molar-refractivity contribution in [3.05, 3.63) is 94.6 Å². The van der Waals surface area contributed by atoms with E-state index in [0.29, 0.717) is 10.9 Å². The van der Waals surface area contributed by atoms with Crippen LogP contribution in [-0.2, 0) is 9.53 Å². The number of cyclic esters (lactones) is 1. The lowest BCUT2D eigenvalue weighted by atomic mass is 9.89. The van der Waals surface area contributed by atoms with E-state index >= 15 is 0 Å². The molecule has 2 atom stereocenters. The topological polar surface area (TPSA) is 68.7 Å². The van der Waals surface area contributed by atoms with Gasteiger partial charge in [0.05, 0.1) is 6.10 Å². The Morgan fingerprint density at radius 3 is 2.42 bits per heavy atom. The molecule has 6 nitrogen and oxygen atoms in total. The average Bonchev–Trinajstić information content (AvgIpc) is 3.20. The van der Waals surface area contributed by atoms with Gasteiger partial charge in [0.2, 0.25) is 11.8 Å². The molecule has 0 unspecified atom stereocenters. The third-order valence-corrected chi connectivity index (χ3v) is 5.75. The second-order valence-electron chi connectivity index (χ2n) is 8.17. The summed E-state index contributed by atoms with van der Waals surface area (Å²) in [5.74, 6) is -0.115. The van der Waals surface area contributed by atoms with Crippen molar-refractivity contribution >= 4 is 23.6 Å². The first-order valence-electron chi connectivity index (χ1n) is 10.8. The molecule has 3 aromatic rings. The van der Waals surface area contributed by atoms with Crippen molar-refractivity contribution in [2.24, 2.45) is 0 Å². The van der Waals surface area contributed by atoms with E-state index in [1.54, 1.807) is 24.4 Å². The van der Waals surface area contributed by atoms with E-state index in [4.69, 9.17) is 21.1 Å². The van der Waals surface area contributed by atoms with Crippen LogP contribution in [0.15, 0.2) is 72.9 Å². The maximum atomic E-state index is 13.4. The zero-order chi connectivity index (χ0) is 23.4. The van der Waals surface area contributed by atoms with Gasteiger partial charge in [0, 0.05) is 29.6 Å². The number of pyridine rings is 1. The third kappa shape index (κ3) is 5.34. The van der Waals surface area contributed by atoms with Crippen LogP contribution in [0.25, 0.3) is 0 Å². The molecule has 33 heavy (non-hydrogen) atoms. The van der Waals surface area contributed by atoms with E-state index in [1.165, 1.54) is 4.90 Å². The lowest BCUT2D eigenvalue weighted by Crippen LogP contribution is -2.35. The molecular formula is C26H25ClN2O4. The maximum absolute atomic E-state index is 13.4. The monoisotopic (exact) mass is 464 g/mol. The number of rotatable bonds is 7. The number of halogens is 1. The highest BCUT2D eigenvalue weighted by molar-refractivity contribution is 6.30. The summed E-state index contributed by atoms with van der Waals surface area (Å²) in [6, 6.07) is 20.0. The van der Waals surface area contributed by atoms with Gasteiger partial charge in [-0.25, -0.2) is 14.7 Å². The Kier molecular flexibility index (Phi) is 6.94. The first-order chi connectivity index (χ1) is 15.9. The molecule has 2 amide bonds. The fraction of sp³-hybridized carbons (Fsp3) is 0.269. The number of nitrogens with zero attached hydrogens (tertiary/aromatic N) is 2. The molecule has 0 bridgehead atoms. The molecule has 0 aliphatic carbocycles. The van der Waals surface area contributed by atoms with Crippen LogP contribution < -0.4 is 4.74 Å². The molecule has 2 heterocycles. The van der Waals surface area contributed by atoms with Crippen molar-refractivity contribution in [3.8, 4) is 5.88 Å². The van der Waals surface area contributed by atoms with E-state index < -0.39 is 12.1 Å². The Hall–Kier alpha value is -3.38. The number of benzene rings is 2. The van der Waals surface area contributed by atoms with Gasteiger partial charge in [-0.05, 0) is 42.7 Å². The number of aromatic nitrogens is 1. The Bertz CT molecular complexity index is 1100. The van der Waals surface area contributed by atoms with Gasteiger partial charge >= 0.3 is 6.09 Å². The average molecular weight is 465 g/mol. The number of imide groups is 1. The molecule has 7 heteroatoms. The molecule has 1 aliphatic rings. The maximum Gasteiger partial charge on any atom is 0.417 e. The van der Waals surface area contributed by atoms with Gasteiger partial charge in [0.25, 0.3) is 0 Å². The SMILES string of the molecule is CC(C)Oc1ccc([C@@H](CC(=O)N2C(=O)OC[C@@H]2c2ccccc2)c2ccc(Cl)cc2)cn1. The van der Waals surface area contributed by atoms with Crippen molar-refractivity contribution in [2.45, 2.75) is 38.3 Å². The Balaban J connectivity index is 1.62. The zero-order valence-electron chi connectivity index (χ0n) is 18.5. The molecule has 0 radical (unpaired) electrons. The summed E-state index contributed by atoms with van der Waals surface area (Å²) in [7, 11) is 0. The Morgan fingerprint density at radius 1 is 1.09 bits per heavy atom. The van der Waals surface area contributed by atoms with Crippen LogP contribution in [0, 0.1) is 0 Å². The number of hydrogen-bond acceptors (Lipinski definition) is 5. The van der Waals surface area contributed by atoms with E-state index in [9.17, 15) is 9.59 Å². The summed E-state index contributed by atoms with van der Waals surface area (Å²) >= 11 is 6.08. The summed E-state index contributed by atoms with van der Waals surface area (Å²) in [5, 5.41) is 0.606. The molecular weight excluding hydrogens is 440 g/mol. The van der Waals surface area contributed by atoms with Crippen molar-refractivity contribution in [3.63, 3.8) is 0 Å². The molecule has 1 fully saturated rings. The largest absolute Gasteiger partial charge is 0.475 e. The fourth-order valence-corrected chi connectivity index (χ4v) is 4.05. The number of amides is 2. The van der Waals surface area contributed by atoms with Gasteiger partial charge in [-0.15, -0.1) is 0 Å². The third-order valence-electron chi connectivity index (χ3n) is 5.50. The minimum atomic E-state index is -0.623. The van der Waals surface area contributed by atoms with E-state index in [0.717, 1.165) is 16.7 Å². The van der Waals surface area contributed by atoms with Crippen LogP contribution in [0.4, 0.5) is 4.79 Å². The number of carbonyl (C=O) groups excluding carboxylic acids is 2. The molecule has 170 valence electrons. The van der Waals surface area contributed by atoms with E-state index in [2.05, 4.69) is 4.98 Å². The number of ether oxygens (including phenoxy) is 2. The van der Waals surface area contributed by atoms with Gasteiger partial charge in [0.1, 0.15) is 12.6 Å². The second kappa shape index (κ2) is 10.0. The summed E-state index contributed by atoms with van der Waals surface area (Å²) in [5.41, 5.74) is 2.60. The van der Waals surface area contributed by atoms with Crippen LogP contribution in [0.5, 0.6) is 5.88 Å². The lowest BCUT2D eigenvalue weighted by Gasteiger charge is -2.24. The molecule has 1 aliphatic heterocycles. The molecule has 1 aromatic heterocycles. The molecule has 0 N–H and O–H groups in total. The van der Waals surface area contributed by atoms with Crippen LogP contribution >= 0.6 is 11.6 Å². The zero-order valence-corrected chi connectivity index (χ0v) is 19.2. The summed E-state index contributed by atoms with van der Waals surface area (Å²) in [6.07, 6.45) is 1.17. The molecule has 0 saturated carbocycles. The minimum Gasteiger partial charge on any atom is -0.475 e. The van der Waals surface area contributed by atoms with E-state index in [1.807, 2.05) is 62.4 Å². The van der Waals surface area contributed by atoms with Crippen LogP contribution in [-0.4, -0.2) is 34.6 Å². The standard InChI is InChI=1S/C26H25ClN2O4/c1-17(2)33-24-13-10-20(15-28-24)22(18-8-11-21(27)12-9-18)14-25(30)29-23(16-32-26(29)31)19-6-4-3-5-7-19/h3-13,15,17,22-23H,14,16H2,1-2H3/t22-,23+/m0/s1. The number of hydrogen-bond donors (Lipinski definition) is 0. The highest BCUT2D eigenvalue weighted by Gasteiger charge is 2.39. The minimum absolute atomic E-state index is 0.00749. The van der Waals surface area contributed by atoms with Gasteiger partial charge in [-0.3, -0.25) is 4.79 Å². The summed E-state index contributed by atoms with van der Waals surface area (Å²) in [4.78, 5) is 31.5. The summed E-state index contributed by atoms with van der Waals surface area (Å²) < 4.78 is 10.9. The van der Waals surface area contributed by atoms with Crippen molar-refractivity contribution < 1.29 is 19.1 Å². The first-order valence-corrected chi connectivity index (χ1v) is 11.2. The Morgan fingerprint density at radius 2 is 1.79 bits per heavy atom. The van der Waals surface area contributed by atoms with Gasteiger partial charge in [-0.1, -0.05) is 60.1 Å². The van der Waals surface area contributed by atoms with Crippen LogP contribution in [0.3, 0.4) is 0 Å². The predicted molar refractivity (Wildman–Crippen MR) is 125 cm³/mol. The smallest absolute Gasteiger partial charge is 0.417 e. The van der Waals surface area contributed by atoms with Crippen LogP contribution in [0.1, 0.15) is 48.9 Å². The molecule has 0 spiro atoms. The first kappa shape index (κ1) is 22.8. The Labute approximate surface area is 198 Å². The van der Waals surface area contributed by atoms with E-state index in [-0.39, 0.29) is 31.0 Å².